The van der Waals surface area contributed by atoms with Gasteiger partial charge in [0, 0.05) is 33.4 Å². The maximum Gasteiger partial charge on any atom is 0.0540 e. The average Bonchev–Trinajstić information content (AvgIpc) is 4.04. The predicted octanol–water partition coefficient (Wildman–Crippen LogP) is 17.6. The molecular weight excluding hydrogens is 843 g/mol. The average molecular weight is 896 g/mol. The van der Waals surface area contributed by atoms with Crippen LogP contribution in [0.2, 0.25) is 0 Å². The van der Waals surface area contributed by atoms with E-state index in [9.17, 15) is 0 Å². The Bertz CT molecular complexity index is 3780. The van der Waals surface area contributed by atoms with Crippen LogP contribution in [0.5, 0.6) is 0 Å². The van der Waals surface area contributed by atoms with Crippen molar-refractivity contribution in [2.45, 2.75) is 50.9 Å². The van der Waals surface area contributed by atoms with Gasteiger partial charge < -0.3 is 4.90 Å². The first-order valence-electron chi connectivity index (χ1n) is 25.0. The summed E-state index contributed by atoms with van der Waals surface area (Å²) in [4.78, 5) is 2.56. The molecule has 334 valence electrons. The van der Waals surface area contributed by atoms with Gasteiger partial charge in [-0.05, 0) is 149 Å². The zero-order valence-electron chi connectivity index (χ0n) is 40.4. The first kappa shape index (κ1) is 41.0. The highest BCUT2D eigenvalue weighted by molar-refractivity contribution is 6.00. The molecule has 0 bridgehead atoms. The minimum Gasteiger partial charge on any atom is -0.310 e. The molecule has 0 radical (unpaired) electrons. The third kappa shape index (κ3) is 5.73. The molecule has 14 rings (SSSR count). The quantitative estimate of drug-likeness (QED) is 0.154. The van der Waals surface area contributed by atoms with Crippen LogP contribution in [0.15, 0.2) is 236 Å². The molecule has 0 amide bonds. The molecule has 5 aliphatic rings. The number of anilines is 2. The minimum absolute atomic E-state index is 0.0588. The van der Waals surface area contributed by atoms with Gasteiger partial charge >= 0.3 is 0 Å². The zero-order chi connectivity index (χ0) is 47.1. The van der Waals surface area contributed by atoms with Crippen LogP contribution in [0.3, 0.4) is 0 Å². The zero-order valence-corrected chi connectivity index (χ0v) is 40.4. The SMILES string of the molecule is CC1(C)c2ccccc2-c2cc(C3=C(N(c4ccc(-c5ccc6c(c5)-c5ccccc5C6(C)c5ccccc5)cc4)c4ccccc4-c4cccc5c4-c4ccccc4C5(C)C)C=CC4=C[C@H]43)ccc21. The minimum atomic E-state index is -0.228. The molecule has 1 unspecified atom stereocenters. The summed E-state index contributed by atoms with van der Waals surface area (Å²) < 4.78 is 0. The van der Waals surface area contributed by atoms with Crippen molar-refractivity contribution >= 4 is 16.9 Å². The first-order chi connectivity index (χ1) is 34.1. The number of hydrogen-bond acceptors (Lipinski definition) is 1. The molecule has 2 atom stereocenters. The number of hydrogen-bond donors (Lipinski definition) is 0. The first-order valence-corrected chi connectivity index (χ1v) is 25.0. The summed E-state index contributed by atoms with van der Waals surface area (Å²) in [7, 11) is 0. The summed E-state index contributed by atoms with van der Waals surface area (Å²) in [5, 5.41) is 0. The highest BCUT2D eigenvalue weighted by Crippen LogP contribution is 2.57. The number of allylic oxidation sites excluding steroid dienone is 5. The van der Waals surface area contributed by atoms with E-state index in [1.807, 2.05) is 0 Å². The van der Waals surface area contributed by atoms with Gasteiger partial charge in [0.2, 0.25) is 0 Å². The predicted molar refractivity (Wildman–Crippen MR) is 293 cm³/mol. The Morgan fingerprint density at radius 2 is 0.886 bits per heavy atom. The standard InChI is InChI=1S/C69H53N/c1-67(2)57-25-13-9-20-49(57)55-42-46(33-37-59(55)67)65-54-41-45(54)34-39-64(65)70(63-29-16-12-22-51(63)52-24-17-28-62-66(52)53-23-11-14-26-58(53)68(62,3)4)48-35-30-43(31-36-48)44-32-38-61-56(40-44)50-21-10-15-27-60(50)69(61,5)47-18-7-6-8-19-47/h6-42,54H,1-5H3/t54-,69?/m1/s1. The van der Waals surface area contributed by atoms with E-state index in [1.54, 1.807) is 0 Å². The molecule has 9 aromatic carbocycles. The van der Waals surface area contributed by atoms with E-state index in [0.29, 0.717) is 0 Å². The Morgan fingerprint density at radius 3 is 1.66 bits per heavy atom. The van der Waals surface area contributed by atoms with Crippen molar-refractivity contribution in [3.8, 4) is 55.6 Å². The Balaban J connectivity index is 0.953. The van der Waals surface area contributed by atoms with Crippen molar-refractivity contribution in [3.63, 3.8) is 0 Å². The summed E-state index contributed by atoms with van der Waals surface area (Å²) in [5.41, 5.74) is 29.6. The Hall–Kier alpha value is -8.00. The molecule has 1 heteroatoms. The largest absolute Gasteiger partial charge is 0.310 e. The van der Waals surface area contributed by atoms with Crippen LogP contribution < -0.4 is 4.90 Å². The van der Waals surface area contributed by atoms with Crippen LogP contribution in [0.4, 0.5) is 11.4 Å². The van der Waals surface area contributed by atoms with Crippen molar-refractivity contribution in [2.75, 3.05) is 4.90 Å². The Labute approximate surface area is 412 Å². The van der Waals surface area contributed by atoms with Crippen LogP contribution in [0.1, 0.15) is 79.1 Å². The van der Waals surface area contributed by atoms with Gasteiger partial charge in [-0.2, -0.15) is 0 Å². The lowest BCUT2D eigenvalue weighted by Crippen LogP contribution is -2.22. The number of fused-ring (bicyclic) bond motifs is 10. The van der Waals surface area contributed by atoms with Gasteiger partial charge in [0.15, 0.2) is 0 Å². The van der Waals surface area contributed by atoms with Crippen molar-refractivity contribution in [3.05, 3.63) is 280 Å². The van der Waals surface area contributed by atoms with Crippen molar-refractivity contribution in [1.82, 2.24) is 0 Å². The molecule has 0 heterocycles. The molecule has 0 fully saturated rings. The van der Waals surface area contributed by atoms with E-state index in [1.165, 1.54) is 117 Å². The van der Waals surface area contributed by atoms with Crippen LogP contribution >= 0.6 is 0 Å². The fourth-order valence-corrected chi connectivity index (χ4v) is 13.2. The highest BCUT2D eigenvalue weighted by Gasteiger charge is 2.42. The maximum atomic E-state index is 2.56. The second-order valence-corrected chi connectivity index (χ2v) is 21.3. The molecule has 0 aliphatic heterocycles. The van der Waals surface area contributed by atoms with Gasteiger partial charge in [0.05, 0.1) is 11.4 Å². The number of benzene rings is 9. The van der Waals surface area contributed by atoms with E-state index in [0.717, 1.165) is 11.4 Å². The van der Waals surface area contributed by atoms with Crippen molar-refractivity contribution in [2.24, 2.45) is 5.92 Å². The Morgan fingerprint density at radius 1 is 0.371 bits per heavy atom. The molecule has 0 spiro atoms. The van der Waals surface area contributed by atoms with E-state index in [-0.39, 0.29) is 22.2 Å². The molecular formula is C69H53N. The highest BCUT2D eigenvalue weighted by atomic mass is 15.2. The summed E-state index contributed by atoms with van der Waals surface area (Å²) in [6.07, 6.45) is 7.18. The van der Waals surface area contributed by atoms with Gasteiger partial charge in [-0.1, -0.05) is 216 Å². The summed E-state index contributed by atoms with van der Waals surface area (Å²) in [6.45, 7) is 11.9. The van der Waals surface area contributed by atoms with Gasteiger partial charge in [-0.3, -0.25) is 0 Å². The lowest BCUT2D eigenvalue weighted by molar-refractivity contribution is 0.660. The third-order valence-electron chi connectivity index (χ3n) is 16.9. The monoisotopic (exact) mass is 895 g/mol. The smallest absolute Gasteiger partial charge is 0.0540 e. The van der Waals surface area contributed by atoms with Crippen LogP contribution in [0, 0.1) is 5.92 Å². The van der Waals surface area contributed by atoms with Gasteiger partial charge in [0.1, 0.15) is 0 Å². The topological polar surface area (TPSA) is 3.24 Å². The fraction of sp³-hybridized carbons (Fsp3) is 0.130. The molecule has 5 aliphatic carbocycles. The molecule has 0 saturated heterocycles. The molecule has 0 N–H and O–H groups in total. The summed E-state index contributed by atoms with van der Waals surface area (Å²) in [5.74, 6) is 0.251. The van der Waals surface area contributed by atoms with Gasteiger partial charge in [0.25, 0.3) is 0 Å². The second-order valence-electron chi connectivity index (χ2n) is 21.3. The van der Waals surface area contributed by atoms with E-state index < -0.39 is 0 Å². The molecule has 9 aromatic rings. The molecule has 1 nitrogen and oxygen atoms in total. The van der Waals surface area contributed by atoms with Crippen molar-refractivity contribution in [1.29, 1.82) is 0 Å². The number of para-hydroxylation sites is 1. The molecule has 70 heavy (non-hydrogen) atoms. The lowest BCUT2D eigenvalue weighted by Gasteiger charge is -2.33. The van der Waals surface area contributed by atoms with Crippen LogP contribution in [-0.2, 0) is 16.2 Å². The lowest BCUT2D eigenvalue weighted by atomic mass is 9.74. The normalized spacial score (nSPS) is 18.8. The summed E-state index contributed by atoms with van der Waals surface area (Å²) >= 11 is 0. The number of nitrogens with zero attached hydrogens (tertiary/aromatic N) is 1. The van der Waals surface area contributed by atoms with E-state index in [2.05, 4.69) is 264 Å². The number of rotatable bonds is 7. The maximum absolute atomic E-state index is 2.56. The molecule has 0 aromatic heterocycles. The van der Waals surface area contributed by atoms with Gasteiger partial charge in [-0.15, -0.1) is 0 Å². The fourth-order valence-electron chi connectivity index (χ4n) is 13.2. The van der Waals surface area contributed by atoms with Crippen LogP contribution in [0.25, 0.3) is 61.2 Å². The van der Waals surface area contributed by atoms with Crippen molar-refractivity contribution < 1.29 is 0 Å². The Kier molecular flexibility index (Phi) is 8.64. The third-order valence-corrected chi connectivity index (χ3v) is 16.9. The molecule has 0 saturated carbocycles. The summed E-state index contributed by atoms with van der Waals surface area (Å²) in [6, 6.07) is 77.9. The second kappa shape index (κ2) is 14.8. The van der Waals surface area contributed by atoms with E-state index >= 15 is 0 Å². The van der Waals surface area contributed by atoms with E-state index in [4.69, 9.17) is 0 Å². The van der Waals surface area contributed by atoms with Crippen LogP contribution in [-0.4, -0.2) is 0 Å². The van der Waals surface area contributed by atoms with Gasteiger partial charge in [-0.25, -0.2) is 0 Å².